The molecule has 0 atom stereocenters. The molecule has 0 radical (unpaired) electrons. The first-order valence-electron chi connectivity index (χ1n) is 9.88. The Labute approximate surface area is 194 Å². The highest BCUT2D eigenvalue weighted by Crippen LogP contribution is 2.25. The van der Waals surface area contributed by atoms with Crippen molar-refractivity contribution in [1.29, 1.82) is 0 Å². The highest BCUT2D eigenvalue weighted by atomic mass is 79.9. The molecule has 1 amide bonds. The van der Waals surface area contributed by atoms with E-state index < -0.39 is 0 Å². The highest BCUT2D eigenvalue weighted by molar-refractivity contribution is 9.10. The van der Waals surface area contributed by atoms with Crippen molar-refractivity contribution in [2.75, 3.05) is 7.11 Å². The van der Waals surface area contributed by atoms with E-state index in [1.807, 2.05) is 60.7 Å². The minimum atomic E-state index is -0.134. The fraction of sp³-hybridized carbons (Fsp3) is 0.0800. The van der Waals surface area contributed by atoms with E-state index in [1.165, 1.54) is 6.33 Å². The summed E-state index contributed by atoms with van der Waals surface area (Å²) in [5.41, 5.74) is 3.17. The number of halogens is 1. The molecular formula is C25H20BrN3O3. The van der Waals surface area contributed by atoms with Crippen molar-refractivity contribution < 1.29 is 14.3 Å². The van der Waals surface area contributed by atoms with E-state index >= 15 is 0 Å². The zero-order chi connectivity index (χ0) is 22.3. The summed E-state index contributed by atoms with van der Waals surface area (Å²) in [6.07, 6.45) is 1.45. The number of nitrogens with one attached hydrogen (secondary N) is 1. The van der Waals surface area contributed by atoms with Gasteiger partial charge in [0.2, 0.25) is 5.88 Å². The van der Waals surface area contributed by atoms with Crippen molar-refractivity contribution in [2.24, 2.45) is 0 Å². The van der Waals surface area contributed by atoms with E-state index in [1.54, 1.807) is 25.3 Å². The number of methoxy groups -OCH3 is 1. The minimum Gasteiger partial charge on any atom is -0.497 e. The average molecular weight is 490 g/mol. The monoisotopic (exact) mass is 489 g/mol. The van der Waals surface area contributed by atoms with Gasteiger partial charge in [-0.15, -0.1) is 0 Å². The van der Waals surface area contributed by atoms with Crippen LogP contribution >= 0.6 is 15.9 Å². The number of carbonyl (C=O) groups excluding carboxylic acids is 1. The molecule has 4 rings (SSSR count). The van der Waals surface area contributed by atoms with Crippen LogP contribution < -0.4 is 14.8 Å². The summed E-state index contributed by atoms with van der Waals surface area (Å²) in [5, 5.41) is 2.93. The van der Waals surface area contributed by atoms with Crippen LogP contribution in [0, 0.1) is 0 Å². The maximum absolute atomic E-state index is 12.5. The predicted octanol–water partition coefficient (Wildman–Crippen LogP) is 5.64. The molecule has 0 fully saturated rings. The van der Waals surface area contributed by atoms with Gasteiger partial charge in [-0.3, -0.25) is 4.79 Å². The third-order valence-electron chi connectivity index (χ3n) is 4.73. The molecule has 160 valence electrons. The third kappa shape index (κ3) is 5.50. The number of aromatic nitrogens is 2. The van der Waals surface area contributed by atoms with Gasteiger partial charge in [-0.05, 0) is 54.1 Å². The summed E-state index contributed by atoms with van der Waals surface area (Å²) in [6.45, 7) is 0.464. The SMILES string of the molecule is COc1ccc(Oc2cc(-c3ccc(C(=O)NCc4ccc(Br)cc4)cc3)ncn2)cc1. The fourth-order valence-corrected chi connectivity index (χ4v) is 3.26. The number of nitrogens with zero attached hydrogens (tertiary/aromatic N) is 2. The summed E-state index contributed by atoms with van der Waals surface area (Å²) in [4.78, 5) is 21.0. The normalized spacial score (nSPS) is 10.4. The topological polar surface area (TPSA) is 73.3 Å². The first-order valence-corrected chi connectivity index (χ1v) is 10.7. The summed E-state index contributed by atoms with van der Waals surface area (Å²) >= 11 is 3.41. The molecule has 0 saturated carbocycles. The van der Waals surface area contributed by atoms with Crippen LogP contribution in [0.2, 0.25) is 0 Å². The van der Waals surface area contributed by atoms with Gasteiger partial charge in [0.05, 0.1) is 12.8 Å². The molecule has 3 aromatic carbocycles. The van der Waals surface area contributed by atoms with Gasteiger partial charge in [0.15, 0.2) is 0 Å². The van der Waals surface area contributed by atoms with Gasteiger partial charge in [0.25, 0.3) is 5.91 Å². The Balaban J connectivity index is 1.41. The predicted molar refractivity (Wildman–Crippen MR) is 126 cm³/mol. The molecule has 1 N–H and O–H groups in total. The zero-order valence-corrected chi connectivity index (χ0v) is 18.9. The molecule has 0 bridgehead atoms. The van der Waals surface area contributed by atoms with Gasteiger partial charge in [-0.2, -0.15) is 0 Å². The van der Waals surface area contributed by atoms with Crippen LogP contribution in [0.1, 0.15) is 15.9 Å². The van der Waals surface area contributed by atoms with Crippen LogP contribution in [0.15, 0.2) is 89.7 Å². The van der Waals surface area contributed by atoms with E-state index in [4.69, 9.17) is 9.47 Å². The van der Waals surface area contributed by atoms with Crippen LogP contribution in [0.4, 0.5) is 0 Å². The second-order valence-electron chi connectivity index (χ2n) is 6.91. The molecule has 0 spiro atoms. The van der Waals surface area contributed by atoms with Gasteiger partial charge in [0, 0.05) is 28.2 Å². The number of amides is 1. The Kier molecular flexibility index (Phi) is 6.77. The lowest BCUT2D eigenvalue weighted by Crippen LogP contribution is -2.22. The highest BCUT2D eigenvalue weighted by Gasteiger charge is 2.08. The first-order chi connectivity index (χ1) is 15.6. The molecule has 6 nitrogen and oxygen atoms in total. The Morgan fingerprint density at radius 3 is 2.28 bits per heavy atom. The quantitative estimate of drug-likeness (QED) is 0.363. The van der Waals surface area contributed by atoms with Gasteiger partial charge in [-0.1, -0.05) is 40.2 Å². The molecule has 4 aromatic rings. The lowest BCUT2D eigenvalue weighted by molar-refractivity contribution is 0.0951. The molecule has 0 saturated heterocycles. The van der Waals surface area contributed by atoms with E-state index in [2.05, 4.69) is 31.2 Å². The molecule has 32 heavy (non-hydrogen) atoms. The van der Waals surface area contributed by atoms with Gasteiger partial charge in [-0.25, -0.2) is 9.97 Å². The number of ether oxygens (including phenoxy) is 2. The molecule has 0 aliphatic rings. The van der Waals surface area contributed by atoms with Gasteiger partial charge < -0.3 is 14.8 Å². The maximum atomic E-state index is 12.5. The lowest BCUT2D eigenvalue weighted by atomic mass is 10.1. The van der Waals surface area contributed by atoms with Crippen molar-refractivity contribution in [3.05, 3.63) is 101 Å². The molecule has 0 aliphatic heterocycles. The third-order valence-corrected chi connectivity index (χ3v) is 5.26. The molecule has 1 aromatic heterocycles. The van der Waals surface area contributed by atoms with Crippen molar-refractivity contribution >= 4 is 21.8 Å². The van der Waals surface area contributed by atoms with Crippen molar-refractivity contribution in [2.45, 2.75) is 6.54 Å². The maximum Gasteiger partial charge on any atom is 0.251 e. The zero-order valence-electron chi connectivity index (χ0n) is 17.3. The van der Waals surface area contributed by atoms with E-state index in [-0.39, 0.29) is 5.91 Å². The van der Waals surface area contributed by atoms with Gasteiger partial charge >= 0.3 is 0 Å². The second kappa shape index (κ2) is 10.1. The van der Waals surface area contributed by atoms with E-state index in [0.29, 0.717) is 29.4 Å². The van der Waals surface area contributed by atoms with Crippen LogP contribution in [0.5, 0.6) is 17.4 Å². The van der Waals surface area contributed by atoms with Crippen molar-refractivity contribution in [3.63, 3.8) is 0 Å². The number of hydrogen-bond acceptors (Lipinski definition) is 5. The largest absolute Gasteiger partial charge is 0.497 e. The summed E-state index contributed by atoms with van der Waals surface area (Å²) in [5.74, 6) is 1.69. The minimum absolute atomic E-state index is 0.134. The van der Waals surface area contributed by atoms with Crippen molar-refractivity contribution in [1.82, 2.24) is 15.3 Å². The smallest absolute Gasteiger partial charge is 0.251 e. The first kappa shape index (κ1) is 21.5. The van der Waals surface area contributed by atoms with Crippen LogP contribution in [-0.4, -0.2) is 23.0 Å². The standard InChI is InChI=1S/C25H20BrN3O3/c1-31-21-10-12-22(13-11-21)32-24-14-23(28-16-29-24)18-4-6-19(7-5-18)25(30)27-15-17-2-8-20(26)9-3-17/h2-14,16H,15H2,1H3,(H,27,30). The lowest BCUT2D eigenvalue weighted by Gasteiger charge is -2.08. The van der Waals surface area contributed by atoms with Crippen LogP contribution in [-0.2, 0) is 6.54 Å². The Morgan fingerprint density at radius 1 is 0.906 bits per heavy atom. The van der Waals surface area contributed by atoms with Gasteiger partial charge in [0.1, 0.15) is 17.8 Å². The van der Waals surface area contributed by atoms with Crippen molar-refractivity contribution in [3.8, 4) is 28.6 Å². The number of rotatable bonds is 7. The Morgan fingerprint density at radius 2 is 1.59 bits per heavy atom. The van der Waals surface area contributed by atoms with Crippen LogP contribution in [0.3, 0.4) is 0 Å². The average Bonchev–Trinajstić information content (AvgIpc) is 2.84. The molecule has 0 unspecified atom stereocenters. The van der Waals surface area contributed by atoms with E-state index in [9.17, 15) is 4.79 Å². The Bertz CT molecular complexity index is 1190. The molecule has 1 heterocycles. The fourth-order valence-electron chi connectivity index (χ4n) is 3.00. The molecule has 7 heteroatoms. The van der Waals surface area contributed by atoms with E-state index in [0.717, 1.165) is 21.3 Å². The second-order valence-corrected chi connectivity index (χ2v) is 7.82. The number of benzene rings is 3. The molecular weight excluding hydrogens is 470 g/mol. The summed E-state index contributed by atoms with van der Waals surface area (Å²) < 4.78 is 12.0. The number of hydrogen-bond donors (Lipinski definition) is 1. The summed E-state index contributed by atoms with van der Waals surface area (Å²) in [7, 11) is 1.62. The van der Waals surface area contributed by atoms with Crippen LogP contribution in [0.25, 0.3) is 11.3 Å². The number of carbonyl (C=O) groups is 1. The Hall–Kier alpha value is -3.71. The summed E-state index contributed by atoms with van der Waals surface area (Å²) in [6, 6.07) is 24.1. The molecule has 0 aliphatic carbocycles.